The van der Waals surface area contributed by atoms with Gasteiger partial charge in [-0.05, 0) is 24.7 Å². The molecule has 112 valence electrons. The van der Waals surface area contributed by atoms with Gasteiger partial charge in [0.1, 0.15) is 0 Å². The molecule has 1 amide bonds. The molecule has 1 unspecified atom stereocenters. The molecule has 1 saturated carbocycles. The number of hydrogen-bond donors (Lipinski definition) is 1. The molecule has 0 radical (unpaired) electrons. The fourth-order valence-corrected chi connectivity index (χ4v) is 2.93. The van der Waals surface area contributed by atoms with Gasteiger partial charge < -0.3 is 5.32 Å². The van der Waals surface area contributed by atoms with Crippen LogP contribution in [0.15, 0.2) is 0 Å². The molecule has 1 aliphatic rings. The Morgan fingerprint density at radius 2 is 1.89 bits per heavy atom. The van der Waals surface area contributed by atoms with E-state index in [0.717, 1.165) is 6.42 Å². The predicted octanol–water partition coefficient (Wildman–Crippen LogP) is 3.97. The second kappa shape index (κ2) is 6.38. The number of carbonyl (C=O) groups excluding carboxylic acids is 1. The van der Waals surface area contributed by atoms with Crippen LogP contribution in [0.4, 0.5) is 8.78 Å². The van der Waals surface area contributed by atoms with E-state index in [0.29, 0.717) is 6.54 Å². The molecule has 0 saturated heterocycles. The Labute approximate surface area is 119 Å². The molecule has 0 spiro atoms. The first-order valence-corrected chi connectivity index (χ1v) is 7.32. The predicted molar refractivity (Wildman–Crippen MR) is 73.6 cm³/mol. The van der Waals surface area contributed by atoms with Crippen molar-refractivity contribution in [2.75, 3.05) is 6.54 Å². The zero-order valence-electron chi connectivity index (χ0n) is 11.9. The molecule has 1 aliphatic carbocycles. The molecule has 0 heterocycles. The topological polar surface area (TPSA) is 29.1 Å². The number of hydrogen-bond acceptors (Lipinski definition) is 1. The molecule has 2 nitrogen and oxygen atoms in total. The summed E-state index contributed by atoms with van der Waals surface area (Å²) in [5, 5.41) is 2.67. The first-order valence-electron chi connectivity index (χ1n) is 6.89. The maximum Gasteiger partial charge on any atom is 0.248 e. The van der Waals surface area contributed by atoms with Crippen LogP contribution in [-0.2, 0) is 4.79 Å². The van der Waals surface area contributed by atoms with Gasteiger partial charge in [-0.2, -0.15) is 0 Å². The van der Waals surface area contributed by atoms with Crippen molar-refractivity contribution in [2.45, 2.75) is 64.2 Å². The fraction of sp³-hybridized carbons (Fsp3) is 0.929. The molecule has 0 aromatic rings. The molecule has 1 fully saturated rings. The molecular formula is C14H24ClF2NO. The Kier molecular flexibility index (Phi) is 5.60. The van der Waals surface area contributed by atoms with Crippen molar-refractivity contribution in [2.24, 2.45) is 11.3 Å². The Hall–Kier alpha value is -0.380. The lowest BCUT2D eigenvalue weighted by Crippen LogP contribution is -2.38. The van der Waals surface area contributed by atoms with Gasteiger partial charge in [-0.3, -0.25) is 4.79 Å². The van der Waals surface area contributed by atoms with Gasteiger partial charge in [-0.25, -0.2) is 8.78 Å². The first-order chi connectivity index (χ1) is 8.59. The highest BCUT2D eigenvalue weighted by Crippen LogP contribution is 2.36. The first kappa shape index (κ1) is 16.7. The smallest absolute Gasteiger partial charge is 0.248 e. The Morgan fingerprint density at radius 3 is 2.37 bits per heavy atom. The number of rotatable bonds is 4. The van der Waals surface area contributed by atoms with Crippen LogP contribution in [0.5, 0.6) is 0 Å². The van der Waals surface area contributed by atoms with Crippen LogP contribution in [-0.4, -0.2) is 23.8 Å². The summed E-state index contributed by atoms with van der Waals surface area (Å²) in [5.41, 5.74) is 0.115. The van der Waals surface area contributed by atoms with Crippen molar-refractivity contribution in [3.05, 3.63) is 0 Å². The normalized spacial score (nSPS) is 22.0. The Bertz CT molecular complexity index is 305. The van der Waals surface area contributed by atoms with Gasteiger partial charge in [0.2, 0.25) is 11.8 Å². The van der Waals surface area contributed by atoms with E-state index in [1.165, 1.54) is 0 Å². The van der Waals surface area contributed by atoms with Crippen molar-refractivity contribution in [1.29, 1.82) is 0 Å². The van der Waals surface area contributed by atoms with Crippen molar-refractivity contribution in [1.82, 2.24) is 5.32 Å². The van der Waals surface area contributed by atoms with Crippen LogP contribution in [0.25, 0.3) is 0 Å². The lowest BCUT2D eigenvalue weighted by atomic mass is 9.86. The zero-order chi connectivity index (χ0) is 14.7. The van der Waals surface area contributed by atoms with E-state index in [1.54, 1.807) is 0 Å². The minimum Gasteiger partial charge on any atom is -0.354 e. The van der Waals surface area contributed by atoms with Gasteiger partial charge in [0.25, 0.3) is 0 Å². The molecule has 0 aliphatic heterocycles. The number of amides is 1. The van der Waals surface area contributed by atoms with Gasteiger partial charge >= 0.3 is 0 Å². The van der Waals surface area contributed by atoms with E-state index in [-0.39, 0.29) is 48.3 Å². The summed E-state index contributed by atoms with van der Waals surface area (Å²) in [4.78, 5) is 11.9. The number of nitrogens with one attached hydrogen (secondary N) is 1. The SMILES string of the molecule is CC(C)(C)CC(Cl)CNC(=O)C1CCC(F)(F)CC1. The third kappa shape index (κ3) is 6.55. The molecule has 1 N–H and O–H groups in total. The van der Waals surface area contributed by atoms with E-state index < -0.39 is 5.92 Å². The summed E-state index contributed by atoms with van der Waals surface area (Å²) in [6.45, 7) is 6.68. The summed E-state index contributed by atoms with van der Waals surface area (Å²) in [5.74, 6) is -2.99. The van der Waals surface area contributed by atoms with Gasteiger partial charge in [-0.15, -0.1) is 11.6 Å². The van der Waals surface area contributed by atoms with Gasteiger partial charge in [0.05, 0.1) is 5.38 Å². The van der Waals surface area contributed by atoms with Crippen LogP contribution < -0.4 is 5.32 Å². The number of alkyl halides is 3. The van der Waals surface area contributed by atoms with E-state index in [1.807, 2.05) is 0 Å². The summed E-state index contributed by atoms with van der Waals surface area (Å²) in [6, 6.07) is 0. The molecule has 0 bridgehead atoms. The monoisotopic (exact) mass is 295 g/mol. The number of halogens is 3. The standard InChI is InChI=1S/C14H24ClF2NO/c1-13(2,3)8-11(15)9-18-12(19)10-4-6-14(16,17)7-5-10/h10-11H,4-9H2,1-3H3,(H,18,19). The van der Waals surface area contributed by atoms with Crippen LogP contribution in [0, 0.1) is 11.3 Å². The highest BCUT2D eigenvalue weighted by atomic mass is 35.5. The summed E-state index contributed by atoms with van der Waals surface area (Å²) in [6.07, 6.45) is 0.975. The molecule has 5 heteroatoms. The van der Waals surface area contributed by atoms with Crippen LogP contribution >= 0.6 is 11.6 Å². The quantitative estimate of drug-likeness (QED) is 0.781. The largest absolute Gasteiger partial charge is 0.354 e. The molecule has 1 rings (SSSR count). The van der Waals surface area contributed by atoms with E-state index in [2.05, 4.69) is 26.1 Å². The van der Waals surface area contributed by atoms with Crippen LogP contribution in [0.3, 0.4) is 0 Å². The third-order valence-electron chi connectivity index (χ3n) is 3.42. The second-order valence-electron chi connectivity index (χ2n) is 6.74. The summed E-state index contributed by atoms with van der Waals surface area (Å²) in [7, 11) is 0. The van der Waals surface area contributed by atoms with Crippen LogP contribution in [0.2, 0.25) is 0 Å². The third-order valence-corrected chi connectivity index (χ3v) is 3.73. The second-order valence-corrected chi connectivity index (χ2v) is 7.35. The lowest BCUT2D eigenvalue weighted by Gasteiger charge is -2.28. The Balaban J connectivity index is 2.29. The molecule has 19 heavy (non-hydrogen) atoms. The zero-order valence-corrected chi connectivity index (χ0v) is 12.7. The van der Waals surface area contributed by atoms with E-state index >= 15 is 0 Å². The average Bonchev–Trinajstić information content (AvgIpc) is 2.23. The molecule has 0 aromatic carbocycles. The van der Waals surface area contributed by atoms with E-state index in [4.69, 9.17) is 11.6 Å². The molecule has 0 aromatic heterocycles. The summed E-state index contributed by atoms with van der Waals surface area (Å²) >= 11 is 6.16. The van der Waals surface area contributed by atoms with Gasteiger partial charge in [0.15, 0.2) is 0 Å². The van der Waals surface area contributed by atoms with E-state index in [9.17, 15) is 13.6 Å². The summed E-state index contributed by atoms with van der Waals surface area (Å²) < 4.78 is 26.0. The van der Waals surface area contributed by atoms with Gasteiger partial charge in [-0.1, -0.05) is 20.8 Å². The number of carbonyl (C=O) groups is 1. The van der Waals surface area contributed by atoms with Crippen molar-refractivity contribution in [3.8, 4) is 0 Å². The average molecular weight is 296 g/mol. The van der Waals surface area contributed by atoms with Crippen molar-refractivity contribution < 1.29 is 13.6 Å². The molecular weight excluding hydrogens is 272 g/mol. The van der Waals surface area contributed by atoms with Crippen molar-refractivity contribution >= 4 is 17.5 Å². The maximum absolute atomic E-state index is 13.0. The minimum absolute atomic E-state index is 0.115. The minimum atomic E-state index is -2.59. The molecule has 1 atom stereocenters. The van der Waals surface area contributed by atoms with Crippen molar-refractivity contribution in [3.63, 3.8) is 0 Å². The van der Waals surface area contributed by atoms with Gasteiger partial charge in [0, 0.05) is 25.3 Å². The fourth-order valence-electron chi connectivity index (χ4n) is 2.39. The highest BCUT2D eigenvalue weighted by molar-refractivity contribution is 6.20. The van der Waals surface area contributed by atoms with Crippen LogP contribution in [0.1, 0.15) is 52.9 Å². The maximum atomic E-state index is 13.0. The highest BCUT2D eigenvalue weighted by Gasteiger charge is 2.37. The lowest BCUT2D eigenvalue weighted by molar-refractivity contribution is -0.129. The Morgan fingerprint density at radius 1 is 1.37 bits per heavy atom.